The third-order valence-corrected chi connectivity index (χ3v) is 5.51. The predicted octanol–water partition coefficient (Wildman–Crippen LogP) is 0.733. The number of nitrogen functional groups attached to an aromatic ring is 1. The SMILES string of the molecule is COc1cc2nc(N3CCN(S(C)(=O)=O)CC3)nc(N)c2cc1OC.Cl. The van der Waals surface area contributed by atoms with Crippen molar-refractivity contribution < 1.29 is 17.9 Å². The normalized spacial score (nSPS) is 15.6. The molecule has 0 amide bonds. The number of nitrogens with zero attached hydrogens (tertiary/aromatic N) is 4. The fraction of sp³-hybridized carbons (Fsp3) is 0.467. The molecular weight excluding hydrogens is 382 g/mol. The second-order valence-electron chi connectivity index (χ2n) is 5.78. The Morgan fingerprint density at radius 2 is 1.62 bits per heavy atom. The largest absolute Gasteiger partial charge is 0.493 e. The van der Waals surface area contributed by atoms with E-state index in [1.165, 1.54) is 10.6 Å². The van der Waals surface area contributed by atoms with Crippen molar-refractivity contribution in [2.24, 2.45) is 0 Å². The summed E-state index contributed by atoms with van der Waals surface area (Å²) in [5.41, 5.74) is 6.74. The summed E-state index contributed by atoms with van der Waals surface area (Å²) in [6.07, 6.45) is 1.22. The van der Waals surface area contributed by atoms with Crippen LogP contribution in [0, 0.1) is 0 Å². The van der Waals surface area contributed by atoms with Crippen LogP contribution in [-0.4, -0.2) is 69.3 Å². The molecule has 9 nitrogen and oxygen atoms in total. The quantitative estimate of drug-likeness (QED) is 0.795. The van der Waals surface area contributed by atoms with Crippen molar-refractivity contribution in [1.82, 2.24) is 14.3 Å². The van der Waals surface area contributed by atoms with E-state index in [0.29, 0.717) is 60.3 Å². The summed E-state index contributed by atoms with van der Waals surface area (Å²) < 4.78 is 35.3. The molecule has 11 heteroatoms. The Kier molecular flexibility index (Phi) is 5.99. The highest BCUT2D eigenvalue weighted by molar-refractivity contribution is 7.88. The summed E-state index contributed by atoms with van der Waals surface area (Å²) in [5, 5.41) is 0.677. The average Bonchev–Trinajstić information content (AvgIpc) is 2.60. The summed E-state index contributed by atoms with van der Waals surface area (Å²) in [4.78, 5) is 10.9. The standard InChI is InChI=1S/C15H21N5O4S.ClH/c1-23-12-8-10-11(9-13(12)24-2)17-15(18-14(10)16)19-4-6-20(7-5-19)25(3,21)22;/h8-9H,4-7H2,1-3H3,(H2,16,17,18);1H. The maximum absolute atomic E-state index is 11.6. The Bertz CT molecular complexity index is 901. The van der Waals surface area contributed by atoms with Crippen LogP contribution in [0.1, 0.15) is 0 Å². The maximum Gasteiger partial charge on any atom is 0.227 e. The molecule has 0 spiro atoms. The van der Waals surface area contributed by atoms with Gasteiger partial charge in [0.2, 0.25) is 16.0 Å². The van der Waals surface area contributed by atoms with Crippen LogP contribution in [0.5, 0.6) is 11.5 Å². The molecule has 0 atom stereocenters. The van der Waals surface area contributed by atoms with Gasteiger partial charge in [0, 0.05) is 37.6 Å². The molecule has 1 saturated heterocycles. The van der Waals surface area contributed by atoms with Gasteiger partial charge in [-0.25, -0.2) is 13.4 Å². The molecule has 0 radical (unpaired) electrons. The van der Waals surface area contributed by atoms with Gasteiger partial charge in [-0.05, 0) is 6.07 Å². The number of fused-ring (bicyclic) bond motifs is 1. The Morgan fingerprint density at radius 3 is 2.15 bits per heavy atom. The van der Waals surface area contributed by atoms with Crippen LogP contribution < -0.4 is 20.1 Å². The first-order chi connectivity index (χ1) is 11.8. The fourth-order valence-corrected chi connectivity index (χ4v) is 3.65. The lowest BCUT2D eigenvalue weighted by atomic mass is 10.2. The highest BCUT2D eigenvalue weighted by Crippen LogP contribution is 2.34. The van der Waals surface area contributed by atoms with E-state index in [-0.39, 0.29) is 12.4 Å². The molecule has 0 aliphatic carbocycles. The number of halogens is 1. The van der Waals surface area contributed by atoms with E-state index in [1.807, 2.05) is 4.90 Å². The van der Waals surface area contributed by atoms with E-state index in [4.69, 9.17) is 15.2 Å². The van der Waals surface area contributed by atoms with Gasteiger partial charge in [0.1, 0.15) is 5.82 Å². The fourth-order valence-electron chi connectivity index (χ4n) is 2.83. The zero-order valence-corrected chi connectivity index (χ0v) is 16.4. The second kappa shape index (κ2) is 7.68. The number of sulfonamides is 1. The minimum Gasteiger partial charge on any atom is -0.493 e. The number of hydrogen-bond donors (Lipinski definition) is 1. The van der Waals surface area contributed by atoms with Crippen LogP contribution in [0.3, 0.4) is 0 Å². The Morgan fingerprint density at radius 1 is 1.04 bits per heavy atom. The van der Waals surface area contributed by atoms with E-state index in [2.05, 4.69) is 9.97 Å². The van der Waals surface area contributed by atoms with Gasteiger partial charge in [0.15, 0.2) is 11.5 Å². The van der Waals surface area contributed by atoms with Crippen LogP contribution in [0.4, 0.5) is 11.8 Å². The van der Waals surface area contributed by atoms with Gasteiger partial charge in [-0.3, -0.25) is 0 Å². The van der Waals surface area contributed by atoms with Gasteiger partial charge in [-0.15, -0.1) is 12.4 Å². The van der Waals surface area contributed by atoms with Crippen LogP contribution in [0.15, 0.2) is 12.1 Å². The Hall–Kier alpha value is -2.04. The van der Waals surface area contributed by atoms with Crippen molar-refractivity contribution in [3.63, 3.8) is 0 Å². The summed E-state index contributed by atoms with van der Waals surface area (Å²) >= 11 is 0. The first-order valence-electron chi connectivity index (χ1n) is 7.73. The van der Waals surface area contributed by atoms with Gasteiger partial charge in [-0.1, -0.05) is 0 Å². The molecule has 2 N–H and O–H groups in total. The molecule has 26 heavy (non-hydrogen) atoms. The first kappa shape index (κ1) is 20.3. The van der Waals surface area contributed by atoms with E-state index < -0.39 is 10.0 Å². The average molecular weight is 404 g/mol. The van der Waals surface area contributed by atoms with E-state index >= 15 is 0 Å². The number of ether oxygens (including phenoxy) is 2. The Labute approximate surface area is 158 Å². The van der Waals surface area contributed by atoms with Gasteiger partial charge in [-0.2, -0.15) is 9.29 Å². The molecule has 2 aromatic rings. The van der Waals surface area contributed by atoms with Gasteiger partial charge in [0.05, 0.1) is 26.0 Å². The molecule has 1 aliphatic rings. The Balaban J connectivity index is 0.00000243. The lowest BCUT2D eigenvalue weighted by molar-refractivity contribution is 0.356. The predicted molar refractivity (Wildman–Crippen MR) is 103 cm³/mol. The van der Waals surface area contributed by atoms with Crippen LogP contribution in [0.2, 0.25) is 0 Å². The number of methoxy groups -OCH3 is 2. The summed E-state index contributed by atoms with van der Waals surface area (Å²) in [5.74, 6) is 1.93. The van der Waals surface area contributed by atoms with Gasteiger partial charge in [0.25, 0.3) is 0 Å². The van der Waals surface area contributed by atoms with Crippen molar-refractivity contribution in [3.8, 4) is 11.5 Å². The van der Waals surface area contributed by atoms with Crippen molar-refractivity contribution >= 4 is 45.1 Å². The molecule has 1 aromatic heterocycles. The maximum atomic E-state index is 11.6. The molecular formula is C15H22ClN5O4S. The van der Waals surface area contributed by atoms with Crippen molar-refractivity contribution in [1.29, 1.82) is 0 Å². The van der Waals surface area contributed by atoms with Crippen LogP contribution in [-0.2, 0) is 10.0 Å². The number of hydrogen-bond acceptors (Lipinski definition) is 8. The molecule has 1 aliphatic heterocycles. The summed E-state index contributed by atoms with van der Waals surface area (Å²) in [6.45, 7) is 1.80. The monoisotopic (exact) mass is 403 g/mol. The lowest BCUT2D eigenvalue weighted by Gasteiger charge is -2.33. The molecule has 0 bridgehead atoms. The number of rotatable bonds is 4. The number of piperazine rings is 1. The van der Waals surface area contributed by atoms with Gasteiger partial charge >= 0.3 is 0 Å². The highest BCUT2D eigenvalue weighted by atomic mass is 35.5. The second-order valence-corrected chi connectivity index (χ2v) is 7.76. The van der Waals surface area contributed by atoms with Gasteiger partial charge < -0.3 is 20.1 Å². The van der Waals surface area contributed by atoms with Crippen LogP contribution in [0.25, 0.3) is 10.9 Å². The topological polar surface area (TPSA) is 111 Å². The third kappa shape index (κ3) is 3.87. The molecule has 3 rings (SSSR count). The number of anilines is 2. The molecule has 0 saturated carbocycles. The molecule has 1 aromatic carbocycles. The van der Waals surface area contributed by atoms with E-state index in [0.717, 1.165) is 0 Å². The van der Waals surface area contributed by atoms with E-state index in [9.17, 15) is 8.42 Å². The van der Waals surface area contributed by atoms with Crippen molar-refractivity contribution in [2.75, 3.05) is 57.3 Å². The van der Waals surface area contributed by atoms with Crippen molar-refractivity contribution in [3.05, 3.63) is 12.1 Å². The van der Waals surface area contributed by atoms with Crippen LogP contribution >= 0.6 is 12.4 Å². The minimum atomic E-state index is -3.18. The first-order valence-corrected chi connectivity index (χ1v) is 9.57. The highest BCUT2D eigenvalue weighted by Gasteiger charge is 2.25. The molecule has 1 fully saturated rings. The number of nitrogens with two attached hydrogens (primary N) is 1. The number of aromatic nitrogens is 2. The zero-order valence-electron chi connectivity index (χ0n) is 14.8. The molecule has 0 unspecified atom stereocenters. The lowest BCUT2D eigenvalue weighted by Crippen LogP contribution is -2.48. The zero-order chi connectivity index (χ0) is 18.2. The number of benzene rings is 1. The summed E-state index contributed by atoms with van der Waals surface area (Å²) in [7, 11) is -0.0732. The molecule has 144 valence electrons. The third-order valence-electron chi connectivity index (χ3n) is 4.21. The molecule has 2 heterocycles. The van der Waals surface area contributed by atoms with Crippen molar-refractivity contribution in [2.45, 2.75) is 0 Å². The minimum absolute atomic E-state index is 0. The summed E-state index contributed by atoms with van der Waals surface area (Å²) in [6, 6.07) is 3.50. The van der Waals surface area contributed by atoms with E-state index in [1.54, 1.807) is 26.4 Å². The smallest absolute Gasteiger partial charge is 0.227 e.